The second-order valence-corrected chi connectivity index (χ2v) is 6.33. The van der Waals surface area contributed by atoms with Crippen LogP contribution in [0.25, 0.3) is 0 Å². The minimum absolute atomic E-state index is 0.362. The Morgan fingerprint density at radius 1 is 1.48 bits per heavy atom. The van der Waals surface area contributed by atoms with Crippen molar-refractivity contribution in [2.45, 2.75) is 51.7 Å². The van der Waals surface area contributed by atoms with Gasteiger partial charge in [0.05, 0.1) is 17.9 Å². The Morgan fingerprint density at radius 3 is 2.86 bits per heavy atom. The lowest BCUT2D eigenvalue weighted by molar-refractivity contribution is 0.00907. The Morgan fingerprint density at radius 2 is 2.19 bits per heavy atom. The van der Waals surface area contributed by atoms with Crippen LogP contribution < -0.4 is 5.73 Å². The summed E-state index contributed by atoms with van der Waals surface area (Å²) in [6.07, 6.45) is 3.35. The van der Waals surface area contributed by atoms with Crippen molar-refractivity contribution in [1.82, 2.24) is 9.88 Å². The number of hydrogen-bond donors (Lipinski definition) is 1. The molecule has 2 rings (SSSR count). The Bertz CT molecular complexity index is 528. The van der Waals surface area contributed by atoms with Gasteiger partial charge >= 0.3 is 6.09 Å². The predicted octanol–water partition coefficient (Wildman–Crippen LogP) is 3.27. The average molecular weight is 295 g/mol. The Labute approximate surface area is 124 Å². The first-order chi connectivity index (χ1) is 9.78. The van der Waals surface area contributed by atoms with Gasteiger partial charge < -0.3 is 15.4 Å². The van der Waals surface area contributed by atoms with Gasteiger partial charge in [-0.3, -0.25) is 0 Å². The molecule has 0 aromatic carbocycles. The molecule has 1 aromatic rings. The molecule has 0 aliphatic carbocycles. The number of rotatable bonds is 1. The number of pyridine rings is 1. The van der Waals surface area contributed by atoms with E-state index in [1.54, 1.807) is 11.0 Å². The van der Waals surface area contributed by atoms with Crippen molar-refractivity contribution in [3.05, 3.63) is 23.8 Å². The number of halogens is 1. The minimum Gasteiger partial charge on any atom is -0.444 e. The quantitative estimate of drug-likeness (QED) is 0.807. The Balaban J connectivity index is 2.27. The molecule has 21 heavy (non-hydrogen) atoms. The molecular weight excluding hydrogens is 273 g/mol. The first kappa shape index (κ1) is 15.5. The van der Waals surface area contributed by atoms with E-state index >= 15 is 0 Å². The molecule has 1 aliphatic heterocycles. The number of likely N-dealkylation sites (tertiary alicyclic amines) is 1. The lowest BCUT2D eigenvalue weighted by Gasteiger charge is -2.37. The number of ether oxygens (including phenoxy) is 1. The SMILES string of the molecule is CC(C)(C)OC(=O)N1CCCC[C@H]1c1cc(N)cnc1F. The summed E-state index contributed by atoms with van der Waals surface area (Å²) in [7, 11) is 0. The van der Waals surface area contributed by atoms with E-state index in [2.05, 4.69) is 4.98 Å². The van der Waals surface area contributed by atoms with Crippen LogP contribution in [0.3, 0.4) is 0 Å². The van der Waals surface area contributed by atoms with E-state index in [1.807, 2.05) is 20.8 Å². The molecule has 0 saturated carbocycles. The van der Waals surface area contributed by atoms with E-state index in [4.69, 9.17) is 10.5 Å². The van der Waals surface area contributed by atoms with Crippen molar-refractivity contribution >= 4 is 11.8 Å². The molecule has 1 aliphatic rings. The maximum absolute atomic E-state index is 14.0. The normalized spacial score (nSPS) is 19.4. The molecule has 0 bridgehead atoms. The number of nitrogens with two attached hydrogens (primary N) is 1. The number of amides is 1. The van der Waals surface area contributed by atoms with E-state index in [-0.39, 0.29) is 6.04 Å². The van der Waals surface area contributed by atoms with Gasteiger partial charge in [0, 0.05) is 12.1 Å². The average Bonchev–Trinajstić information content (AvgIpc) is 2.39. The topological polar surface area (TPSA) is 68.5 Å². The summed E-state index contributed by atoms with van der Waals surface area (Å²) in [5, 5.41) is 0. The number of aromatic nitrogens is 1. The molecule has 6 heteroatoms. The maximum atomic E-state index is 14.0. The third-order valence-electron chi connectivity index (χ3n) is 3.38. The van der Waals surface area contributed by atoms with Gasteiger partial charge in [-0.2, -0.15) is 4.39 Å². The predicted molar refractivity (Wildman–Crippen MR) is 78.1 cm³/mol. The second kappa shape index (κ2) is 5.87. The highest BCUT2D eigenvalue weighted by atomic mass is 19.1. The summed E-state index contributed by atoms with van der Waals surface area (Å²) in [5.74, 6) is -0.579. The van der Waals surface area contributed by atoms with Crippen LogP contribution in [0.4, 0.5) is 14.9 Å². The zero-order chi connectivity index (χ0) is 15.6. The molecule has 1 saturated heterocycles. The molecule has 1 aromatic heterocycles. The van der Waals surface area contributed by atoms with E-state index in [0.717, 1.165) is 12.8 Å². The van der Waals surface area contributed by atoms with Crippen LogP contribution in [-0.4, -0.2) is 28.1 Å². The molecule has 0 spiro atoms. The van der Waals surface area contributed by atoms with Crippen LogP contribution >= 0.6 is 0 Å². The first-order valence-corrected chi connectivity index (χ1v) is 7.18. The summed E-state index contributed by atoms with van der Waals surface area (Å²) >= 11 is 0. The van der Waals surface area contributed by atoms with Crippen molar-refractivity contribution in [3.8, 4) is 0 Å². The fraction of sp³-hybridized carbons (Fsp3) is 0.600. The third-order valence-corrected chi connectivity index (χ3v) is 3.38. The van der Waals surface area contributed by atoms with E-state index in [1.165, 1.54) is 6.20 Å². The van der Waals surface area contributed by atoms with Crippen LogP contribution in [0.1, 0.15) is 51.6 Å². The first-order valence-electron chi connectivity index (χ1n) is 7.18. The monoisotopic (exact) mass is 295 g/mol. The molecule has 2 N–H and O–H groups in total. The smallest absolute Gasteiger partial charge is 0.410 e. The van der Waals surface area contributed by atoms with Crippen molar-refractivity contribution < 1.29 is 13.9 Å². The van der Waals surface area contributed by atoms with Crippen molar-refractivity contribution in [3.63, 3.8) is 0 Å². The fourth-order valence-electron chi connectivity index (χ4n) is 2.51. The maximum Gasteiger partial charge on any atom is 0.410 e. The number of anilines is 1. The van der Waals surface area contributed by atoms with E-state index in [0.29, 0.717) is 24.2 Å². The van der Waals surface area contributed by atoms with Crippen LogP contribution in [-0.2, 0) is 4.74 Å². The summed E-state index contributed by atoms with van der Waals surface area (Å²) < 4.78 is 19.4. The van der Waals surface area contributed by atoms with Crippen molar-refractivity contribution in [2.75, 3.05) is 12.3 Å². The zero-order valence-electron chi connectivity index (χ0n) is 12.7. The summed E-state index contributed by atoms with van der Waals surface area (Å²) in [5.41, 5.74) is 5.87. The van der Waals surface area contributed by atoms with E-state index in [9.17, 15) is 9.18 Å². The van der Waals surface area contributed by atoms with Crippen LogP contribution in [0.2, 0.25) is 0 Å². The highest BCUT2D eigenvalue weighted by molar-refractivity contribution is 5.69. The van der Waals surface area contributed by atoms with Gasteiger partial charge in [0.25, 0.3) is 0 Å². The number of piperidine rings is 1. The van der Waals surface area contributed by atoms with Gasteiger partial charge in [-0.1, -0.05) is 0 Å². The standard InChI is InChI=1S/C15H22FN3O2/c1-15(2,3)21-14(20)19-7-5-4-6-12(19)11-8-10(17)9-18-13(11)16/h8-9,12H,4-7,17H2,1-3H3/t12-/m0/s1. The molecule has 2 heterocycles. The van der Waals surface area contributed by atoms with Crippen molar-refractivity contribution in [2.24, 2.45) is 0 Å². The molecular formula is C15H22FN3O2. The summed E-state index contributed by atoms with van der Waals surface area (Å²) in [6.45, 7) is 5.99. The van der Waals surface area contributed by atoms with Gasteiger partial charge in [-0.25, -0.2) is 9.78 Å². The zero-order valence-corrected chi connectivity index (χ0v) is 12.7. The largest absolute Gasteiger partial charge is 0.444 e. The van der Waals surface area contributed by atoms with Gasteiger partial charge in [-0.05, 0) is 46.1 Å². The summed E-state index contributed by atoms with van der Waals surface area (Å²) in [4.78, 5) is 17.6. The number of carbonyl (C=O) groups is 1. The number of nitrogens with zero attached hydrogens (tertiary/aromatic N) is 2. The number of carbonyl (C=O) groups excluding carboxylic acids is 1. The molecule has 0 radical (unpaired) electrons. The van der Waals surface area contributed by atoms with Gasteiger partial charge in [0.15, 0.2) is 0 Å². The van der Waals surface area contributed by atoms with E-state index < -0.39 is 17.6 Å². The number of nitrogen functional groups attached to an aromatic ring is 1. The minimum atomic E-state index is -0.579. The van der Waals surface area contributed by atoms with Gasteiger partial charge in [-0.15, -0.1) is 0 Å². The Kier molecular flexibility index (Phi) is 4.34. The lowest BCUT2D eigenvalue weighted by Crippen LogP contribution is -2.42. The van der Waals surface area contributed by atoms with Crippen LogP contribution in [0.5, 0.6) is 0 Å². The lowest BCUT2D eigenvalue weighted by atomic mass is 9.96. The molecule has 1 atom stereocenters. The molecule has 116 valence electrons. The highest BCUT2D eigenvalue weighted by Crippen LogP contribution is 2.33. The number of hydrogen-bond acceptors (Lipinski definition) is 4. The van der Waals surface area contributed by atoms with Crippen LogP contribution in [0.15, 0.2) is 12.3 Å². The highest BCUT2D eigenvalue weighted by Gasteiger charge is 2.33. The molecule has 5 nitrogen and oxygen atoms in total. The van der Waals surface area contributed by atoms with Gasteiger partial charge in [0.1, 0.15) is 5.60 Å². The van der Waals surface area contributed by atoms with Crippen molar-refractivity contribution in [1.29, 1.82) is 0 Å². The Hall–Kier alpha value is -1.85. The van der Waals surface area contributed by atoms with Crippen LogP contribution in [0, 0.1) is 5.95 Å². The molecule has 1 amide bonds. The molecule has 0 unspecified atom stereocenters. The fourth-order valence-corrected chi connectivity index (χ4v) is 2.51. The second-order valence-electron chi connectivity index (χ2n) is 6.33. The third kappa shape index (κ3) is 3.83. The van der Waals surface area contributed by atoms with Gasteiger partial charge in [0.2, 0.25) is 5.95 Å². The summed E-state index contributed by atoms with van der Waals surface area (Å²) in [6, 6.07) is 1.18. The molecule has 1 fully saturated rings.